The summed E-state index contributed by atoms with van der Waals surface area (Å²) < 4.78 is 34.7. The maximum atomic E-state index is 12.9. The first-order chi connectivity index (χ1) is 45.0. The van der Waals surface area contributed by atoms with E-state index in [0.29, 0.717) is 17.4 Å². The number of hydrogen-bond donors (Lipinski definition) is 1. The largest absolute Gasteiger partial charge is 0.472 e. The van der Waals surface area contributed by atoms with E-state index in [2.05, 4.69) is 220 Å². The third-order valence-electron chi connectivity index (χ3n) is 14.3. The molecule has 0 heterocycles. The summed E-state index contributed by atoms with van der Waals surface area (Å²) in [5, 5.41) is 0. The Balaban J connectivity index is 4.19. The molecule has 0 rings (SSSR count). The molecule has 2 unspecified atom stereocenters. The van der Waals surface area contributed by atoms with Crippen molar-refractivity contribution in [3.05, 3.63) is 207 Å². The Kier molecular flexibility index (Phi) is 65.8. The van der Waals surface area contributed by atoms with Crippen LogP contribution in [0.15, 0.2) is 207 Å². The third kappa shape index (κ3) is 73.6. The first-order valence-corrected chi connectivity index (χ1v) is 37.3. The Morgan fingerprint density at radius 1 is 0.337 bits per heavy atom. The lowest BCUT2D eigenvalue weighted by Crippen LogP contribution is -2.37. The summed E-state index contributed by atoms with van der Waals surface area (Å²) in [6, 6.07) is 0. The van der Waals surface area contributed by atoms with Gasteiger partial charge in [0.05, 0.1) is 27.7 Å². The molecule has 0 aliphatic heterocycles. The van der Waals surface area contributed by atoms with Gasteiger partial charge in [-0.05, 0) is 148 Å². The van der Waals surface area contributed by atoms with Crippen molar-refractivity contribution in [2.45, 2.75) is 251 Å². The summed E-state index contributed by atoms with van der Waals surface area (Å²) in [4.78, 5) is 35.9. The molecule has 9 nitrogen and oxygen atoms in total. The highest BCUT2D eigenvalue weighted by atomic mass is 31.2. The number of phosphoric ester groups is 1. The highest BCUT2D eigenvalue weighted by Gasteiger charge is 2.27. The number of hydrogen-bond acceptors (Lipinski definition) is 7. The van der Waals surface area contributed by atoms with Crippen LogP contribution in [0.25, 0.3) is 0 Å². The molecule has 0 aliphatic rings. The first-order valence-electron chi connectivity index (χ1n) is 35.8. The average molecular weight is 1290 g/mol. The maximum Gasteiger partial charge on any atom is 0.472 e. The molecule has 0 aromatic rings. The van der Waals surface area contributed by atoms with Crippen LogP contribution in [0.4, 0.5) is 0 Å². The number of rotatable bonds is 63. The first kappa shape index (κ1) is 86.6. The number of nitrogens with zero attached hydrogens (tertiary/aromatic N) is 1. The van der Waals surface area contributed by atoms with Crippen molar-refractivity contribution >= 4 is 19.8 Å². The summed E-state index contributed by atoms with van der Waals surface area (Å²) in [5.74, 6) is -0.844. The fourth-order valence-electron chi connectivity index (χ4n) is 8.91. The molecule has 2 atom stereocenters. The molecule has 0 bridgehead atoms. The van der Waals surface area contributed by atoms with E-state index in [9.17, 15) is 19.0 Å². The summed E-state index contributed by atoms with van der Waals surface area (Å²) in [6.45, 7) is 4.15. The van der Waals surface area contributed by atoms with E-state index in [1.165, 1.54) is 44.9 Å². The lowest BCUT2D eigenvalue weighted by Gasteiger charge is -2.24. The van der Waals surface area contributed by atoms with E-state index in [1.807, 2.05) is 21.1 Å². The number of quaternary nitrogens is 1. The van der Waals surface area contributed by atoms with Crippen LogP contribution in [0.5, 0.6) is 0 Å². The number of likely N-dealkylation sites (N-methyl/N-ethyl adjacent to an activating group) is 1. The number of ether oxygens (including phenoxy) is 2. The van der Waals surface area contributed by atoms with Gasteiger partial charge in [-0.15, -0.1) is 0 Å². The number of carbonyl (C=O) groups excluding carboxylic acids is 2. The molecular weight excluding hydrogens is 1160 g/mol. The van der Waals surface area contributed by atoms with Gasteiger partial charge in [0, 0.05) is 12.8 Å². The van der Waals surface area contributed by atoms with Crippen molar-refractivity contribution in [3.8, 4) is 0 Å². The minimum absolute atomic E-state index is 0.0147. The molecular formula is C82H131NO8P+. The van der Waals surface area contributed by atoms with Crippen molar-refractivity contribution in [1.29, 1.82) is 0 Å². The molecule has 0 aromatic heterocycles. The average Bonchev–Trinajstić information content (AvgIpc) is 2.23. The van der Waals surface area contributed by atoms with Crippen LogP contribution < -0.4 is 0 Å². The zero-order chi connectivity index (χ0) is 66.9. The van der Waals surface area contributed by atoms with E-state index in [0.717, 1.165) is 167 Å². The minimum Gasteiger partial charge on any atom is -0.462 e. The monoisotopic (exact) mass is 1290 g/mol. The van der Waals surface area contributed by atoms with Gasteiger partial charge in [-0.1, -0.05) is 291 Å². The molecule has 516 valence electrons. The number of unbranched alkanes of at least 4 members (excludes halogenated alkanes) is 15. The normalized spacial score (nSPS) is 14.4. The fourth-order valence-corrected chi connectivity index (χ4v) is 9.65. The van der Waals surface area contributed by atoms with Crippen LogP contribution in [0, 0.1) is 0 Å². The second kappa shape index (κ2) is 69.9. The molecule has 0 aliphatic carbocycles. The van der Waals surface area contributed by atoms with Gasteiger partial charge in [0.1, 0.15) is 19.8 Å². The predicted molar refractivity (Wildman–Crippen MR) is 398 cm³/mol. The van der Waals surface area contributed by atoms with E-state index in [4.69, 9.17) is 18.5 Å². The van der Waals surface area contributed by atoms with E-state index >= 15 is 0 Å². The fraction of sp³-hybridized carbons (Fsp3) is 0.561. The van der Waals surface area contributed by atoms with Gasteiger partial charge in [0.25, 0.3) is 0 Å². The van der Waals surface area contributed by atoms with Gasteiger partial charge in [-0.2, -0.15) is 0 Å². The number of esters is 2. The van der Waals surface area contributed by atoms with Gasteiger partial charge in [-0.25, -0.2) is 4.57 Å². The Morgan fingerprint density at radius 3 is 0.870 bits per heavy atom. The molecule has 0 radical (unpaired) electrons. The Morgan fingerprint density at radius 2 is 0.587 bits per heavy atom. The van der Waals surface area contributed by atoms with Crippen molar-refractivity contribution in [1.82, 2.24) is 0 Å². The van der Waals surface area contributed by atoms with Crippen molar-refractivity contribution in [3.63, 3.8) is 0 Å². The highest BCUT2D eigenvalue weighted by molar-refractivity contribution is 7.47. The van der Waals surface area contributed by atoms with Crippen LogP contribution >= 0.6 is 7.82 Å². The third-order valence-corrected chi connectivity index (χ3v) is 15.3. The van der Waals surface area contributed by atoms with E-state index in [1.54, 1.807) is 0 Å². The standard InChI is InChI=1S/C82H130NO8P/c1-6-8-10-12-14-16-18-20-22-24-26-28-30-32-34-35-36-37-38-39-40-41-42-43-44-45-46-47-49-51-53-55-57-59-61-63-65-67-69-71-73-75-82(85)91-80(79-90-92(86,87)89-77-76-83(3,4)5)78-88-81(84)74-72-70-68-66-64-62-60-58-56-54-52-50-48-33-31-29-27-25-23-21-19-17-15-13-11-9-7-2/h8-11,14-17,20-23,26-29,32-34,36-37,39-40,42-43,45-46,48-49,51,55,57,61,63,80H,6-7,12-13,18-19,24-25,30-31,35,38,41,44,47,50,52-54,56,58-60,62,64-79H2,1-5H3/p+1/b10-8-,11-9-,16-14-,17-15-,22-20-,23-21-,28-26-,29-27-,34-32-,37-36-,40-39-,43-42-,46-45-,48-33-,51-49-,57-55-,63-61-. The summed E-state index contributed by atoms with van der Waals surface area (Å²) in [6.07, 6.45) is 111. The molecule has 0 fully saturated rings. The van der Waals surface area contributed by atoms with Crippen molar-refractivity contribution < 1.29 is 42.1 Å². The smallest absolute Gasteiger partial charge is 0.462 e. The molecule has 0 saturated heterocycles. The van der Waals surface area contributed by atoms with Crippen LogP contribution in [0.1, 0.15) is 245 Å². The molecule has 10 heteroatoms. The Bertz CT molecular complexity index is 2310. The zero-order valence-electron chi connectivity index (χ0n) is 58.7. The molecule has 0 spiro atoms. The lowest BCUT2D eigenvalue weighted by molar-refractivity contribution is -0.870. The SMILES string of the molecule is CC/C=C\C/C=C\C/C=C\C/C=C\C/C=C\C/C=C\C/C=C\C/C=C\C/C=C\C/C=C\C/C=C\C/C=C\CCCCCCC(=O)OC(COC(=O)CCCCCCCCCCCCC/C=C\C/C=C\C/C=C\C/C=C\C/C=C\CC)COP(=O)(O)OCC[N+](C)(C)C. The second-order valence-electron chi connectivity index (χ2n) is 24.2. The number of phosphoric acid groups is 1. The minimum atomic E-state index is -4.42. The van der Waals surface area contributed by atoms with Crippen LogP contribution in [-0.2, 0) is 32.7 Å². The van der Waals surface area contributed by atoms with Crippen molar-refractivity contribution in [2.24, 2.45) is 0 Å². The maximum absolute atomic E-state index is 12.9. The van der Waals surface area contributed by atoms with Gasteiger partial charge in [0.2, 0.25) is 0 Å². The zero-order valence-corrected chi connectivity index (χ0v) is 59.6. The number of carbonyl (C=O) groups is 2. The van der Waals surface area contributed by atoms with Gasteiger partial charge >= 0.3 is 19.8 Å². The van der Waals surface area contributed by atoms with Crippen molar-refractivity contribution in [2.75, 3.05) is 47.5 Å². The molecule has 92 heavy (non-hydrogen) atoms. The molecule has 1 N–H and O–H groups in total. The topological polar surface area (TPSA) is 108 Å². The molecule has 0 aromatic carbocycles. The molecule has 0 saturated carbocycles. The second-order valence-corrected chi connectivity index (χ2v) is 25.6. The van der Waals surface area contributed by atoms with E-state index in [-0.39, 0.29) is 32.0 Å². The molecule has 0 amide bonds. The van der Waals surface area contributed by atoms with Gasteiger partial charge in [-0.3, -0.25) is 18.6 Å². The quantitative estimate of drug-likeness (QED) is 0.0211. The van der Waals surface area contributed by atoms with Gasteiger partial charge < -0.3 is 18.9 Å². The van der Waals surface area contributed by atoms with Crippen LogP contribution in [0.3, 0.4) is 0 Å². The van der Waals surface area contributed by atoms with Crippen LogP contribution in [0.2, 0.25) is 0 Å². The highest BCUT2D eigenvalue weighted by Crippen LogP contribution is 2.43. The van der Waals surface area contributed by atoms with E-state index < -0.39 is 26.5 Å². The van der Waals surface area contributed by atoms with Crippen LogP contribution in [-0.4, -0.2) is 74.9 Å². The summed E-state index contributed by atoms with van der Waals surface area (Å²) in [5.41, 5.74) is 0. The number of allylic oxidation sites excluding steroid dienone is 34. The Labute approximate surface area is 564 Å². The Hall–Kier alpha value is -5.41. The lowest BCUT2D eigenvalue weighted by atomic mass is 10.0. The van der Waals surface area contributed by atoms with Gasteiger partial charge in [0.15, 0.2) is 6.10 Å². The summed E-state index contributed by atoms with van der Waals surface area (Å²) in [7, 11) is 1.43. The summed E-state index contributed by atoms with van der Waals surface area (Å²) >= 11 is 0. The predicted octanol–water partition coefficient (Wildman–Crippen LogP) is 23.8.